The summed E-state index contributed by atoms with van der Waals surface area (Å²) in [6.45, 7) is 0. The van der Waals surface area contributed by atoms with Crippen molar-refractivity contribution >= 4 is 28.4 Å². The van der Waals surface area contributed by atoms with Crippen molar-refractivity contribution in [3.05, 3.63) is 36.5 Å². The highest BCUT2D eigenvalue weighted by atomic mass is 16.5. The Hall–Kier alpha value is -2.76. The number of Topliss-reactive ketones (excluding diaryl/α,β-unsaturated/α-hetero) is 1. The molecule has 1 aliphatic carbocycles. The van der Waals surface area contributed by atoms with Gasteiger partial charge in [0.25, 0.3) is 5.88 Å². The molecule has 0 atom stereocenters. The van der Waals surface area contributed by atoms with Gasteiger partial charge in [-0.3, -0.25) is 4.79 Å². The molecule has 0 radical (unpaired) electrons. The second-order valence-corrected chi connectivity index (χ2v) is 4.34. The molecule has 2 aromatic rings. The van der Waals surface area contributed by atoms with E-state index in [1.807, 2.05) is 18.2 Å². The molecule has 0 fully saturated rings. The molecule has 0 spiro atoms. The zero-order chi connectivity index (χ0) is 14.1. The molecular weight excluding hydrogens is 256 g/mol. The van der Waals surface area contributed by atoms with Crippen molar-refractivity contribution in [1.82, 2.24) is 9.61 Å². The van der Waals surface area contributed by atoms with E-state index in [1.54, 1.807) is 22.9 Å². The summed E-state index contributed by atoms with van der Waals surface area (Å²) in [4.78, 5) is 16.2. The summed E-state index contributed by atoms with van der Waals surface area (Å²) in [7, 11) is 1.51. The van der Waals surface area contributed by atoms with E-state index in [0.717, 1.165) is 5.52 Å². The number of aliphatic imine (C=N–C) groups is 1. The molecule has 20 heavy (non-hydrogen) atoms. The van der Waals surface area contributed by atoms with E-state index in [2.05, 4.69) is 10.1 Å². The van der Waals surface area contributed by atoms with E-state index in [9.17, 15) is 4.79 Å². The number of hydrogen-bond acceptors (Lipinski definition) is 5. The zero-order valence-corrected chi connectivity index (χ0v) is 10.8. The molecule has 100 valence electrons. The normalized spacial score (nSPS) is 17.1. The van der Waals surface area contributed by atoms with Gasteiger partial charge in [-0.05, 0) is 24.3 Å². The highest BCUT2D eigenvalue weighted by Gasteiger charge is 2.18. The third kappa shape index (κ3) is 2.01. The maximum Gasteiger partial charge on any atom is 0.259 e. The molecule has 6 nitrogen and oxygen atoms in total. The number of carbonyl (C=O) groups is 1. The second kappa shape index (κ2) is 4.73. The number of allylic oxidation sites excluding steroid dienone is 2. The Labute approximate surface area is 114 Å². The lowest BCUT2D eigenvalue weighted by Gasteiger charge is -2.06. The number of pyridine rings is 1. The Balaban J connectivity index is 2.17. The third-order valence-electron chi connectivity index (χ3n) is 2.99. The molecule has 0 amide bonds. The fourth-order valence-corrected chi connectivity index (χ4v) is 2.02. The van der Waals surface area contributed by atoms with Gasteiger partial charge in [0.1, 0.15) is 5.71 Å². The molecule has 2 aromatic heterocycles. The predicted octanol–water partition coefficient (Wildman–Crippen LogP) is 1.96. The summed E-state index contributed by atoms with van der Waals surface area (Å²) in [5.41, 5.74) is 1.90. The summed E-state index contributed by atoms with van der Waals surface area (Å²) in [5.74, 6) is 0.195. The van der Waals surface area contributed by atoms with E-state index in [4.69, 9.17) is 10.1 Å². The summed E-state index contributed by atoms with van der Waals surface area (Å²) in [5, 5.41) is 11.7. The number of aromatic nitrogens is 2. The van der Waals surface area contributed by atoms with Crippen molar-refractivity contribution in [2.45, 2.75) is 6.42 Å². The van der Waals surface area contributed by atoms with Gasteiger partial charge in [0.2, 0.25) is 0 Å². The van der Waals surface area contributed by atoms with Gasteiger partial charge in [0.15, 0.2) is 11.5 Å². The Morgan fingerprint density at radius 2 is 2.25 bits per heavy atom. The lowest BCUT2D eigenvalue weighted by atomic mass is 10.0. The number of rotatable bonds is 2. The number of methoxy groups -OCH3 is 1. The van der Waals surface area contributed by atoms with Crippen molar-refractivity contribution in [3.63, 3.8) is 0 Å². The molecule has 0 saturated carbocycles. The van der Waals surface area contributed by atoms with E-state index < -0.39 is 0 Å². The number of nitrogens with zero attached hydrogens (tertiary/aromatic N) is 3. The minimum Gasteiger partial charge on any atom is -0.478 e. The zero-order valence-electron chi connectivity index (χ0n) is 10.8. The second-order valence-electron chi connectivity index (χ2n) is 4.34. The average Bonchev–Trinajstić information content (AvgIpc) is 2.80. The summed E-state index contributed by atoms with van der Waals surface area (Å²) in [6.07, 6.45) is 5.01. The molecule has 1 aliphatic rings. The van der Waals surface area contributed by atoms with Gasteiger partial charge < -0.3 is 10.1 Å². The van der Waals surface area contributed by atoms with Crippen LogP contribution in [-0.4, -0.2) is 33.9 Å². The number of fused-ring (bicyclic) bond motifs is 1. The van der Waals surface area contributed by atoms with Crippen LogP contribution >= 0.6 is 0 Å². The van der Waals surface area contributed by atoms with Gasteiger partial charge in [-0.15, -0.1) is 5.10 Å². The first kappa shape index (κ1) is 12.3. The fourth-order valence-electron chi connectivity index (χ4n) is 2.02. The molecule has 0 aromatic carbocycles. The van der Waals surface area contributed by atoms with Gasteiger partial charge in [-0.2, -0.15) is 0 Å². The average molecular weight is 268 g/mol. The number of hydrogen-bond donors (Lipinski definition) is 1. The Bertz CT molecular complexity index is 771. The number of nitrogens with one attached hydrogen (secondary N) is 1. The SMILES string of the molecule is COc1nn2ccccc2c1N=C1C=CC(=N)CC1=O. The molecule has 1 N–H and O–H groups in total. The standard InChI is InChI=1S/C14H12N4O2/c1-20-14-13(11-4-2-3-7-18(11)17-14)16-10-6-5-9(15)8-12(10)19/h2-7,15H,8H2,1H3. The number of carbonyl (C=O) groups excluding carboxylic acids is 1. The Morgan fingerprint density at radius 3 is 3.00 bits per heavy atom. The maximum atomic E-state index is 11.9. The van der Waals surface area contributed by atoms with Crippen molar-refractivity contribution in [2.75, 3.05) is 7.11 Å². The van der Waals surface area contributed by atoms with Gasteiger partial charge in [0, 0.05) is 11.9 Å². The van der Waals surface area contributed by atoms with Gasteiger partial charge in [-0.1, -0.05) is 6.07 Å². The van der Waals surface area contributed by atoms with Crippen LogP contribution in [0.1, 0.15) is 6.42 Å². The Kier molecular flexibility index (Phi) is 2.90. The van der Waals surface area contributed by atoms with Gasteiger partial charge in [-0.25, -0.2) is 9.51 Å². The minimum atomic E-state index is -0.171. The van der Waals surface area contributed by atoms with Gasteiger partial charge >= 0.3 is 0 Å². The van der Waals surface area contributed by atoms with E-state index in [0.29, 0.717) is 23.0 Å². The van der Waals surface area contributed by atoms with Crippen LogP contribution in [0.3, 0.4) is 0 Å². The minimum absolute atomic E-state index is 0.0802. The van der Waals surface area contributed by atoms with Crippen LogP contribution in [0.4, 0.5) is 5.69 Å². The van der Waals surface area contributed by atoms with Crippen LogP contribution in [0.15, 0.2) is 41.5 Å². The molecule has 2 heterocycles. The quantitative estimate of drug-likeness (QED) is 0.904. The first-order chi connectivity index (χ1) is 9.69. The molecule has 3 rings (SSSR count). The fraction of sp³-hybridized carbons (Fsp3) is 0.143. The van der Waals surface area contributed by atoms with Crippen LogP contribution in [0.5, 0.6) is 5.88 Å². The molecule has 0 bridgehead atoms. The molecule has 0 aliphatic heterocycles. The lowest BCUT2D eigenvalue weighted by Crippen LogP contribution is -2.19. The highest BCUT2D eigenvalue weighted by Crippen LogP contribution is 2.31. The molecule has 0 saturated heterocycles. The molecular formula is C14H12N4O2. The van der Waals surface area contributed by atoms with Crippen LogP contribution in [-0.2, 0) is 4.79 Å². The van der Waals surface area contributed by atoms with Crippen molar-refractivity contribution < 1.29 is 9.53 Å². The maximum absolute atomic E-state index is 11.9. The van der Waals surface area contributed by atoms with Crippen molar-refractivity contribution in [1.29, 1.82) is 5.41 Å². The first-order valence-electron chi connectivity index (χ1n) is 6.08. The summed E-state index contributed by atoms with van der Waals surface area (Å²) < 4.78 is 6.86. The van der Waals surface area contributed by atoms with Crippen LogP contribution in [0.25, 0.3) is 5.52 Å². The number of ether oxygens (including phenoxy) is 1. The highest BCUT2D eigenvalue weighted by molar-refractivity contribution is 6.50. The predicted molar refractivity (Wildman–Crippen MR) is 75.3 cm³/mol. The van der Waals surface area contributed by atoms with Gasteiger partial charge in [0.05, 0.1) is 19.0 Å². The van der Waals surface area contributed by atoms with E-state index in [-0.39, 0.29) is 12.2 Å². The van der Waals surface area contributed by atoms with Crippen molar-refractivity contribution in [2.24, 2.45) is 4.99 Å². The topological polar surface area (TPSA) is 79.8 Å². The largest absolute Gasteiger partial charge is 0.478 e. The lowest BCUT2D eigenvalue weighted by molar-refractivity contribution is -0.111. The Morgan fingerprint density at radius 1 is 1.40 bits per heavy atom. The molecule has 6 heteroatoms. The number of ketones is 1. The smallest absolute Gasteiger partial charge is 0.259 e. The third-order valence-corrected chi connectivity index (χ3v) is 2.99. The van der Waals surface area contributed by atoms with Crippen molar-refractivity contribution in [3.8, 4) is 5.88 Å². The van der Waals surface area contributed by atoms with Crippen LogP contribution in [0, 0.1) is 5.41 Å². The summed E-state index contributed by atoms with van der Waals surface area (Å²) >= 11 is 0. The summed E-state index contributed by atoms with van der Waals surface area (Å²) in [6, 6.07) is 5.58. The monoisotopic (exact) mass is 268 g/mol. The van der Waals surface area contributed by atoms with E-state index in [1.165, 1.54) is 7.11 Å². The van der Waals surface area contributed by atoms with Crippen LogP contribution in [0.2, 0.25) is 0 Å². The van der Waals surface area contributed by atoms with Crippen LogP contribution < -0.4 is 4.74 Å². The molecule has 0 unspecified atom stereocenters. The first-order valence-corrected chi connectivity index (χ1v) is 6.08. The van der Waals surface area contributed by atoms with E-state index >= 15 is 0 Å².